The number of aromatic nitrogens is 1. The molecule has 3 aromatic rings. The van der Waals surface area contributed by atoms with Crippen molar-refractivity contribution in [2.24, 2.45) is 0 Å². The summed E-state index contributed by atoms with van der Waals surface area (Å²) in [5.41, 5.74) is 1.73. The Balaban J connectivity index is 1.69. The molecule has 0 aliphatic rings. The molecule has 3 rings (SSSR count). The molecule has 0 atom stereocenters. The normalized spacial score (nSPS) is 11.7. The number of likely N-dealkylation sites (N-methyl/N-ethyl adjacent to an activating group) is 2. The zero-order chi connectivity index (χ0) is 30.8. The summed E-state index contributed by atoms with van der Waals surface area (Å²) in [6.07, 6.45) is 4.41. The minimum Gasteiger partial charge on any atom is -0.461 e. The van der Waals surface area contributed by atoms with Crippen molar-refractivity contribution < 1.29 is 19.1 Å². The van der Waals surface area contributed by atoms with E-state index in [-0.39, 0.29) is 38.1 Å². The van der Waals surface area contributed by atoms with Crippen molar-refractivity contribution in [3.05, 3.63) is 102 Å². The highest BCUT2D eigenvalue weighted by Crippen LogP contribution is 2.21. The Morgan fingerprint density at radius 2 is 1.19 bits per heavy atom. The molecule has 224 valence electrons. The van der Waals surface area contributed by atoms with E-state index in [1.807, 2.05) is 64.1 Å². The van der Waals surface area contributed by atoms with Gasteiger partial charge in [0, 0.05) is 44.1 Å². The smallest absolute Gasteiger partial charge is 0.339 e. The molecule has 1 aromatic heterocycles. The SMILES string of the molecule is CN(C(=O)CN(CCOC(=O)c1cccnc1)CC(=O)N(C)C(C)(C)Cc1ccccc1)C(C)(C)Cc1ccccc1. The lowest BCUT2D eigenvalue weighted by atomic mass is 9.93. The Bertz CT molecular complexity index is 1220. The van der Waals surface area contributed by atoms with Gasteiger partial charge in [0.15, 0.2) is 0 Å². The molecule has 0 unspecified atom stereocenters. The Morgan fingerprint density at radius 3 is 1.62 bits per heavy atom. The highest BCUT2D eigenvalue weighted by molar-refractivity contribution is 5.89. The third kappa shape index (κ3) is 9.52. The van der Waals surface area contributed by atoms with Gasteiger partial charge < -0.3 is 14.5 Å². The van der Waals surface area contributed by atoms with Crippen molar-refractivity contribution in [3.8, 4) is 0 Å². The molecule has 0 bridgehead atoms. The van der Waals surface area contributed by atoms with Crippen LogP contribution in [-0.2, 0) is 27.2 Å². The summed E-state index contributed by atoms with van der Waals surface area (Å²) in [6, 6.07) is 23.4. The highest BCUT2D eigenvalue weighted by atomic mass is 16.5. The van der Waals surface area contributed by atoms with Gasteiger partial charge in [0.1, 0.15) is 6.61 Å². The number of benzene rings is 2. The Hall–Kier alpha value is -4.04. The van der Waals surface area contributed by atoms with Crippen LogP contribution in [0.25, 0.3) is 0 Å². The fourth-order valence-corrected chi connectivity index (χ4v) is 4.75. The fourth-order valence-electron chi connectivity index (χ4n) is 4.75. The van der Waals surface area contributed by atoms with Crippen molar-refractivity contribution in [3.63, 3.8) is 0 Å². The summed E-state index contributed by atoms with van der Waals surface area (Å²) < 4.78 is 5.46. The number of carbonyl (C=O) groups excluding carboxylic acids is 3. The lowest BCUT2D eigenvalue weighted by molar-refractivity contribution is -0.139. The third-order valence-electron chi connectivity index (χ3n) is 7.78. The van der Waals surface area contributed by atoms with Crippen molar-refractivity contribution in [1.82, 2.24) is 19.7 Å². The number of amides is 2. The van der Waals surface area contributed by atoms with Gasteiger partial charge in [-0.3, -0.25) is 19.5 Å². The second-order valence-electron chi connectivity index (χ2n) is 11.9. The average molecular weight is 573 g/mol. The second-order valence-corrected chi connectivity index (χ2v) is 11.9. The van der Waals surface area contributed by atoms with Gasteiger partial charge in [-0.25, -0.2) is 4.79 Å². The number of carbonyl (C=O) groups is 3. The second kappa shape index (κ2) is 14.7. The number of nitrogens with zero attached hydrogens (tertiary/aromatic N) is 4. The van der Waals surface area contributed by atoms with Gasteiger partial charge in [0.05, 0.1) is 18.7 Å². The van der Waals surface area contributed by atoms with Gasteiger partial charge in [-0.05, 0) is 63.8 Å². The number of hydrogen-bond donors (Lipinski definition) is 0. The molecule has 0 radical (unpaired) electrons. The zero-order valence-corrected chi connectivity index (χ0v) is 25.7. The first-order valence-corrected chi connectivity index (χ1v) is 14.3. The maximum atomic E-state index is 13.5. The standard InChI is InChI=1S/C34H44N4O4/c1-33(2,22-27-14-9-7-10-15-27)36(5)30(39)25-38(20-21-42-32(41)29-18-13-19-35-24-29)26-31(40)37(6)34(3,4)23-28-16-11-8-12-17-28/h7-19,24H,20-23,25-26H2,1-6H3. The molecule has 0 saturated carbocycles. The summed E-state index contributed by atoms with van der Waals surface area (Å²) in [5.74, 6) is -0.732. The molecule has 2 amide bonds. The van der Waals surface area contributed by atoms with Crippen LogP contribution in [0.15, 0.2) is 85.2 Å². The largest absolute Gasteiger partial charge is 0.461 e. The van der Waals surface area contributed by atoms with E-state index in [1.165, 1.54) is 6.20 Å². The molecular formula is C34H44N4O4. The molecule has 0 N–H and O–H groups in total. The minimum atomic E-state index is -0.497. The quantitative estimate of drug-likeness (QED) is 0.265. The third-order valence-corrected chi connectivity index (χ3v) is 7.78. The summed E-state index contributed by atoms with van der Waals surface area (Å²) in [4.78, 5) is 48.7. The summed E-state index contributed by atoms with van der Waals surface area (Å²) in [7, 11) is 3.59. The first-order valence-electron chi connectivity index (χ1n) is 14.3. The van der Waals surface area contributed by atoms with Crippen LogP contribution in [0.2, 0.25) is 0 Å². The van der Waals surface area contributed by atoms with E-state index in [4.69, 9.17) is 4.74 Å². The van der Waals surface area contributed by atoms with Crippen LogP contribution < -0.4 is 0 Å². The van der Waals surface area contributed by atoms with Crippen LogP contribution in [-0.4, -0.2) is 88.9 Å². The summed E-state index contributed by atoms with van der Waals surface area (Å²) in [6.45, 7) is 8.40. The van der Waals surface area contributed by atoms with Crippen LogP contribution in [0.1, 0.15) is 49.2 Å². The van der Waals surface area contributed by atoms with Crippen molar-refractivity contribution >= 4 is 17.8 Å². The summed E-state index contributed by atoms with van der Waals surface area (Å²) in [5, 5.41) is 0. The van der Waals surface area contributed by atoms with Crippen LogP contribution in [0, 0.1) is 0 Å². The van der Waals surface area contributed by atoms with Crippen molar-refractivity contribution in [2.45, 2.75) is 51.6 Å². The number of ether oxygens (including phenoxy) is 1. The zero-order valence-electron chi connectivity index (χ0n) is 25.7. The lowest BCUT2D eigenvalue weighted by Crippen LogP contribution is -2.53. The molecule has 0 aliphatic carbocycles. The molecule has 0 aliphatic heterocycles. The average Bonchev–Trinajstić information content (AvgIpc) is 2.97. The molecule has 0 fully saturated rings. The van der Waals surface area contributed by atoms with E-state index in [2.05, 4.69) is 29.2 Å². The van der Waals surface area contributed by atoms with Gasteiger partial charge >= 0.3 is 5.97 Å². The van der Waals surface area contributed by atoms with Gasteiger partial charge in [0.25, 0.3) is 0 Å². The molecule has 42 heavy (non-hydrogen) atoms. The maximum Gasteiger partial charge on any atom is 0.339 e. The minimum absolute atomic E-state index is 0.0118. The molecule has 1 heterocycles. The molecular weight excluding hydrogens is 528 g/mol. The van der Waals surface area contributed by atoms with Crippen LogP contribution in [0.5, 0.6) is 0 Å². The summed E-state index contributed by atoms with van der Waals surface area (Å²) >= 11 is 0. The monoisotopic (exact) mass is 572 g/mol. The predicted octanol–water partition coefficient (Wildman–Crippen LogP) is 4.50. The van der Waals surface area contributed by atoms with E-state index in [0.717, 1.165) is 11.1 Å². The molecule has 2 aromatic carbocycles. The molecule has 8 nitrogen and oxygen atoms in total. The first-order chi connectivity index (χ1) is 19.9. The van der Waals surface area contributed by atoms with Crippen molar-refractivity contribution in [1.29, 1.82) is 0 Å². The van der Waals surface area contributed by atoms with Gasteiger partial charge in [0.2, 0.25) is 11.8 Å². The highest BCUT2D eigenvalue weighted by Gasteiger charge is 2.32. The Labute approximate surface area is 250 Å². The van der Waals surface area contributed by atoms with E-state index < -0.39 is 17.0 Å². The van der Waals surface area contributed by atoms with Crippen LogP contribution in [0.4, 0.5) is 0 Å². The number of hydrogen-bond acceptors (Lipinski definition) is 6. The molecule has 0 spiro atoms. The van der Waals surface area contributed by atoms with Crippen molar-refractivity contribution in [2.75, 3.05) is 40.3 Å². The molecule has 8 heteroatoms. The number of rotatable bonds is 14. The van der Waals surface area contributed by atoms with Gasteiger partial charge in [-0.2, -0.15) is 0 Å². The maximum absolute atomic E-state index is 13.5. The van der Waals surface area contributed by atoms with E-state index in [9.17, 15) is 14.4 Å². The fraction of sp³-hybridized carbons (Fsp3) is 0.412. The van der Waals surface area contributed by atoms with E-state index >= 15 is 0 Å². The Kier molecular flexibility index (Phi) is 11.4. The number of esters is 1. The topological polar surface area (TPSA) is 83.0 Å². The van der Waals surface area contributed by atoms with Gasteiger partial charge in [-0.15, -0.1) is 0 Å². The number of pyridine rings is 1. The van der Waals surface area contributed by atoms with Gasteiger partial charge in [-0.1, -0.05) is 60.7 Å². The molecule has 0 saturated heterocycles. The predicted molar refractivity (Wildman–Crippen MR) is 165 cm³/mol. The van der Waals surface area contributed by atoms with Crippen LogP contribution >= 0.6 is 0 Å². The van der Waals surface area contributed by atoms with E-state index in [0.29, 0.717) is 18.4 Å². The van der Waals surface area contributed by atoms with Crippen LogP contribution in [0.3, 0.4) is 0 Å². The lowest BCUT2D eigenvalue weighted by Gasteiger charge is -2.39. The first kappa shape index (κ1) is 32.5. The Morgan fingerprint density at radius 1 is 0.714 bits per heavy atom. The van der Waals surface area contributed by atoms with E-state index in [1.54, 1.807) is 47.1 Å².